The zero-order chi connectivity index (χ0) is 14.4. The van der Waals surface area contributed by atoms with Crippen molar-refractivity contribution in [2.24, 2.45) is 0 Å². The van der Waals surface area contributed by atoms with Gasteiger partial charge in [-0.05, 0) is 24.6 Å². The molecule has 1 N–H and O–H groups in total. The standard InChI is InChI=1S/C15H15NO3S/c1-2-19-15(18)14(17)16-10-12-8-9-13(20-12)11-6-4-3-5-7-11/h3-9H,2,10H2,1H3,(H,16,17). The van der Waals surface area contributed by atoms with Crippen LogP contribution in [0.5, 0.6) is 0 Å². The Morgan fingerprint density at radius 2 is 1.90 bits per heavy atom. The maximum absolute atomic E-state index is 11.4. The molecule has 0 saturated carbocycles. The SMILES string of the molecule is CCOC(=O)C(=O)NCc1ccc(-c2ccccc2)s1. The molecule has 0 aliphatic rings. The lowest BCUT2D eigenvalue weighted by atomic mass is 10.2. The van der Waals surface area contributed by atoms with Gasteiger partial charge in [-0.25, -0.2) is 4.79 Å². The highest BCUT2D eigenvalue weighted by atomic mass is 32.1. The zero-order valence-electron chi connectivity index (χ0n) is 11.1. The number of rotatable bonds is 4. The van der Waals surface area contributed by atoms with Gasteiger partial charge in [-0.2, -0.15) is 0 Å². The van der Waals surface area contributed by atoms with Crippen molar-refractivity contribution in [3.8, 4) is 10.4 Å². The molecule has 4 nitrogen and oxygen atoms in total. The maximum Gasteiger partial charge on any atom is 0.396 e. The molecule has 1 aromatic heterocycles. The van der Waals surface area contributed by atoms with Crippen molar-refractivity contribution in [3.63, 3.8) is 0 Å². The fraction of sp³-hybridized carbons (Fsp3) is 0.200. The molecule has 1 heterocycles. The van der Waals surface area contributed by atoms with Crippen molar-refractivity contribution in [3.05, 3.63) is 47.3 Å². The van der Waals surface area contributed by atoms with Gasteiger partial charge in [-0.1, -0.05) is 30.3 Å². The van der Waals surface area contributed by atoms with Crippen LogP contribution in [0.3, 0.4) is 0 Å². The Morgan fingerprint density at radius 3 is 2.60 bits per heavy atom. The van der Waals surface area contributed by atoms with Crippen LogP contribution in [0.15, 0.2) is 42.5 Å². The summed E-state index contributed by atoms with van der Waals surface area (Å²) >= 11 is 1.59. The van der Waals surface area contributed by atoms with E-state index in [0.717, 1.165) is 15.3 Å². The number of esters is 1. The molecule has 0 aliphatic carbocycles. The smallest absolute Gasteiger partial charge is 0.396 e. The van der Waals surface area contributed by atoms with Gasteiger partial charge in [0.15, 0.2) is 0 Å². The number of thiophene rings is 1. The van der Waals surface area contributed by atoms with E-state index in [1.807, 2.05) is 42.5 Å². The van der Waals surface area contributed by atoms with Gasteiger partial charge < -0.3 is 10.1 Å². The average molecular weight is 289 g/mol. The van der Waals surface area contributed by atoms with Crippen LogP contribution in [0.25, 0.3) is 10.4 Å². The molecule has 0 unspecified atom stereocenters. The third-order valence-corrected chi connectivity index (χ3v) is 3.74. The lowest BCUT2D eigenvalue weighted by Crippen LogP contribution is -2.31. The molecule has 0 spiro atoms. The van der Waals surface area contributed by atoms with Crippen molar-refractivity contribution in [2.45, 2.75) is 13.5 Å². The first-order valence-electron chi connectivity index (χ1n) is 6.29. The number of hydrogen-bond acceptors (Lipinski definition) is 4. The van der Waals surface area contributed by atoms with E-state index in [4.69, 9.17) is 0 Å². The topological polar surface area (TPSA) is 55.4 Å². The second-order valence-electron chi connectivity index (χ2n) is 4.04. The van der Waals surface area contributed by atoms with Crippen LogP contribution in [0.1, 0.15) is 11.8 Å². The summed E-state index contributed by atoms with van der Waals surface area (Å²) in [7, 11) is 0. The largest absolute Gasteiger partial charge is 0.459 e. The van der Waals surface area contributed by atoms with Crippen LogP contribution in [0, 0.1) is 0 Å². The van der Waals surface area contributed by atoms with Crippen molar-refractivity contribution < 1.29 is 14.3 Å². The number of hydrogen-bond donors (Lipinski definition) is 1. The van der Waals surface area contributed by atoms with E-state index in [1.165, 1.54) is 0 Å². The molecule has 2 aromatic rings. The molecular weight excluding hydrogens is 274 g/mol. The minimum Gasteiger partial charge on any atom is -0.459 e. The summed E-state index contributed by atoms with van der Waals surface area (Å²) < 4.78 is 4.62. The monoisotopic (exact) mass is 289 g/mol. The minimum absolute atomic E-state index is 0.198. The van der Waals surface area contributed by atoms with Crippen LogP contribution < -0.4 is 5.32 Å². The molecule has 1 aromatic carbocycles. The Labute approximate surface area is 121 Å². The molecule has 0 aliphatic heterocycles. The van der Waals surface area contributed by atoms with E-state index < -0.39 is 11.9 Å². The van der Waals surface area contributed by atoms with E-state index in [2.05, 4.69) is 10.1 Å². The number of carbonyl (C=O) groups excluding carboxylic acids is 2. The summed E-state index contributed by atoms with van der Waals surface area (Å²) in [5.41, 5.74) is 1.14. The van der Waals surface area contributed by atoms with Gasteiger partial charge in [0.25, 0.3) is 0 Å². The normalized spacial score (nSPS) is 10.1. The Morgan fingerprint density at radius 1 is 1.15 bits per heavy atom. The zero-order valence-corrected chi connectivity index (χ0v) is 11.9. The van der Waals surface area contributed by atoms with Gasteiger partial charge in [0.05, 0.1) is 13.2 Å². The molecule has 20 heavy (non-hydrogen) atoms. The number of nitrogens with one attached hydrogen (secondary N) is 1. The van der Waals surface area contributed by atoms with Gasteiger partial charge in [0, 0.05) is 9.75 Å². The Kier molecular flexibility index (Phi) is 4.90. The van der Waals surface area contributed by atoms with Crippen molar-refractivity contribution in [1.29, 1.82) is 0 Å². The lowest BCUT2D eigenvalue weighted by Gasteiger charge is -2.02. The van der Waals surface area contributed by atoms with Crippen LogP contribution in [0.2, 0.25) is 0 Å². The lowest BCUT2D eigenvalue weighted by molar-refractivity contribution is -0.154. The van der Waals surface area contributed by atoms with E-state index in [0.29, 0.717) is 6.54 Å². The molecule has 1 amide bonds. The molecule has 2 rings (SSSR count). The van der Waals surface area contributed by atoms with Crippen LogP contribution >= 0.6 is 11.3 Å². The number of amides is 1. The van der Waals surface area contributed by atoms with E-state index in [-0.39, 0.29) is 6.61 Å². The minimum atomic E-state index is -0.840. The Hall–Kier alpha value is -2.14. The fourth-order valence-corrected chi connectivity index (χ4v) is 2.62. The molecular formula is C15H15NO3S. The predicted molar refractivity (Wildman–Crippen MR) is 78.2 cm³/mol. The summed E-state index contributed by atoms with van der Waals surface area (Å²) in [6, 6.07) is 14.0. The Balaban J connectivity index is 1.94. The van der Waals surface area contributed by atoms with Gasteiger partial charge in [-0.3, -0.25) is 4.79 Å². The third-order valence-electron chi connectivity index (χ3n) is 2.60. The van der Waals surface area contributed by atoms with Crippen molar-refractivity contribution in [1.82, 2.24) is 5.32 Å². The number of benzene rings is 1. The second-order valence-corrected chi connectivity index (χ2v) is 5.20. The summed E-state index contributed by atoms with van der Waals surface area (Å²) in [6.07, 6.45) is 0. The first-order chi connectivity index (χ1) is 9.70. The highest BCUT2D eigenvalue weighted by Crippen LogP contribution is 2.27. The summed E-state index contributed by atoms with van der Waals surface area (Å²) in [5, 5.41) is 2.55. The highest BCUT2D eigenvalue weighted by molar-refractivity contribution is 7.15. The van der Waals surface area contributed by atoms with Gasteiger partial charge in [0.1, 0.15) is 0 Å². The molecule has 104 valence electrons. The number of carbonyl (C=O) groups is 2. The van der Waals surface area contributed by atoms with Crippen molar-refractivity contribution in [2.75, 3.05) is 6.61 Å². The molecule has 5 heteroatoms. The summed E-state index contributed by atoms with van der Waals surface area (Å²) in [4.78, 5) is 24.7. The van der Waals surface area contributed by atoms with Gasteiger partial charge >= 0.3 is 11.9 Å². The van der Waals surface area contributed by atoms with Crippen LogP contribution in [0.4, 0.5) is 0 Å². The average Bonchev–Trinajstić information content (AvgIpc) is 2.95. The molecule has 0 bridgehead atoms. The molecule has 0 radical (unpaired) electrons. The first-order valence-corrected chi connectivity index (χ1v) is 7.11. The Bertz CT molecular complexity index is 592. The van der Waals surface area contributed by atoms with Gasteiger partial charge in [0.2, 0.25) is 0 Å². The maximum atomic E-state index is 11.4. The molecule has 0 saturated heterocycles. The molecule has 0 atom stereocenters. The predicted octanol–water partition coefficient (Wildman–Crippen LogP) is 2.59. The van der Waals surface area contributed by atoms with Crippen molar-refractivity contribution >= 4 is 23.2 Å². The quantitative estimate of drug-likeness (QED) is 0.695. The number of ether oxygens (including phenoxy) is 1. The van der Waals surface area contributed by atoms with Crippen LogP contribution in [-0.4, -0.2) is 18.5 Å². The van der Waals surface area contributed by atoms with E-state index >= 15 is 0 Å². The van der Waals surface area contributed by atoms with Gasteiger partial charge in [-0.15, -0.1) is 11.3 Å². The van der Waals surface area contributed by atoms with Crippen LogP contribution in [-0.2, 0) is 20.9 Å². The summed E-state index contributed by atoms with van der Waals surface area (Å²) in [5.74, 6) is -1.55. The third kappa shape index (κ3) is 3.68. The fourth-order valence-electron chi connectivity index (χ4n) is 1.67. The summed E-state index contributed by atoms with van der Waals surface area (Å²) in [6.45, 7) is 2.19. The van der Waals surface area contributed by atoms with E-state index in [9.17, 15) is 9.59 Å². The van der Waals surface area contributed by atoms with E-state index in [1.54, 1.807) is 18.3 Å². The molecule has 0 fully saturated rings. The first kappa shape index (κ1) is 14.3. The highest BCUT2D eigenvalue weighted by Gasteiger charge is 2.14. The second kappa shape index (κ2) is 6.86.